The lowest BCUT2D eigenvalue weighted by atomic mass is 10.2. The van der Waals surface area contributed by atoms with Crippen LogP contribution in [-0.2, 0) is 10.0 Å². The SMILES string of the molecule is CCOc1ccc(S(=O)(=O)Nc2cccc(C(=O)NCCCN3CCN(CC)CC3)c2)cc1. The number of ether oxygens (including phenoxy) is 1. The van der Waals surface area contributed by atoms with Crippen LogP contribution < -0.4 is 14.8 Å². The van der Waals surface area contributed by atoms with Crippen LogP contribution in [0, 0.1) is 0 Å². The molecule has 0 unspecified atom stereocenters. The predicted octanol–water partition coefficient (Wildman–Crippen LogP) is 2.64. The van der Waals surface area contributed by atoms with Crippen molar-refractivity contribution in [1.29, 1.82) is 0 Å². The van der Waals surface area contributed by atoms with Gasteiger partial charge in [-0.25, -0.2) is 8.42 Å². The Bertz CT molecular complexity index is 1000. The van der Waals surface area contributed by atoms with Gasteiger partial charge in [0.25, 0.3) is 15.9 Å². The van der Waals surface area contributed by atoms with Gasteiger partial charge >= 0.3 is 0 Å². The number of sulfonamides is 1. The van der Waals surface area contributed by atoms with Crippen molar-refractivity contribution in [3.63, 3.8) is 0 Å². The van der Waals surface area contributed by atoms with Crippen LogP contribution in [0.25, 0.3) is 0 Å². The molecule has 0 radical (unpaired) electrons. The maximum absolute atomic E-state index is 12.7. The highest BCUT2D eigenvalue weighted by atomic mass is 32.2. The number of benzene rings is 2. The molecule has 0 aliphatic carbocycles. The van der Waals surface area contributed by atoms with Crippen LogP contribution in [0.15, 0.2) is 53.4 Å². The van der Waals surface area contributed by atoms with E-state index < -0.39 is 10.0 Å². The van der Waals surface area contributed by atoms with E-state index in [1.807, 2.05) is 6.92 Å². The van der Waals surface area contributed by atoms with E-state index in [4.69, 9.17) is 4.74 Å². The molecule has 3 rings (SSSR count). The zero-order valence-corrected chi connectivity index (χ0v) is 20.2. The lowest BCUT2D eigenvalue weighted by Crippen LogP contribution is -2.46. The van der Waals surface area contributed by atoms with Crippen molar-refractivity contribution in [3.05, 3.63) is 54.1 Å². The molecule has 9 heteroatoms. The largest absolute Gasteiger partial charge is 0.494 e. The van der Waals surface area contributed by atoms with Crippen molar-refractivity contribution in [2.45, 2.75) is 25.2 Å². The van der Waals surface area contributed by atoms with Gasteiger partial charge in [0.15, 0.2) is 0 Å². The molecule has 180 valence electrons. The molecule has 2 aromatic rings. The Balaban J connectivity index is 1.49. The van der Waals surface area contributed by atoms with E-state index >= 15 is 0 Å². The number of hydrogen-bond acceptors (Lipinski definition) is 6. The normalized spacial score (nSPS) is 15.2. The predicted molar refractivity (Wildman–Crippen MR) is 130 cm³/mol. The first-order valence-corrected chi connectivity index (χ1v) is 13.0. The fourth-order valence-corrected chi connectivity index (χ4v) is 4.80. The summed E-state index contributed by atoms with van der Waals surface area (Å²) in [7, 11) is -3.77. The van der Waals surface area contributed by atoms with E-state index in [2.05, 4.69) is 26.8 Å². The van der Waals surface area contributed by atoms with Crippen molar-refractivity contribution >= 4 is 21.6 Å². The monoisotopic (exact) mass is 474 g/mol. The fraction of sp³-hybridized carbons (Fsp3) is 0.458. The molecule has 8 nitrogen and oxygen atoms in total. The Hall–Kier alpha value is -2.62. The number of amides is 1. The molecule has 0 atom stereocenters. The molecule has 0 saturated carbocycles. The van der Waals surface area contributed by atoms with Gasteiger partial charge in [-0.1, -0.05) is 13.0 Å². The Morgan fingerprint density at radius 3 is 2.36 bits per heavy atom. The van der Waals surface area contributed by atoms with Gasteiger partial charge in [-0.3, -0.25) is 9.52 Å². The first kappa shape index (κ1) is 25.0. The van der Waals surface area contributed by atoms with Crippen LogP contribution in [0.1, 0.15) is 30.6 Å². The maximum atomic E-state index is 12.7. The first-order valence-electron chi connectivity index (χ1n) is 11.5. The number of carbonyl (C=O) groups excluding carboxylic acids is 1. The van der Waals surface area contributed by atoms with Crippen molar-refractivity contribution < 1.29 is 17.9 Å². The molecule has 1 amide bonds. The molecule has 0 aromatic heterocycles. The van der Waals surface area contributed by atoms with Crippen LogP contribution in [0.3, 0.4) is 0 Å². The van der Waals surface area contributed by atoms with E-state index in [0.717, 1.165) is 45.7 Å². The van der Waals surface area contributed by atoms with Crippen LogP contribution in [0.4, 0.5) is 5.69 Å². The molecule has 1 aliphatic heterocycles. The summed E-state index contributed by atoms with van der Waals surface area (Å²) in [5.74, 6) is 0.395. The molecule has 1 heterocycles. The highest BCUT2D eigenvalue weighted by Crippen LogP contribution is 2.20. The molecule has 0 spiro atoms. The number of likely N-dealkylation sites (N-methyl/N-ethyl adjacent to an activating group) is 1. The highest BCUT2D eigenvalue weighted by molar-refractivity contribution is 7.92. The third-order valence-corrected chi connectivity index (χ3v) is 7.07. The minimum Gasteiger partial charge on any atom is -0.494 e. The van der Waals surface area contributed by atoms with Gasteiger partial charge in [-0.05, 0) is 68.9 Å². The average molecular weight is 475 g/mol. The van der Waals surface area contributed by atoms with E-state index in [0.29, 0.717) is 30.2 Å². The Kier molecular flexibility index (Phi) is 9.11. The zero-order chi connectivity index (χ0) is 23.7. The third-order valence-electron chi connectivity index (χ3n) is 5.67. The second-order valence-corrected chi connectivity index (χ2v) is 9.66. The fourth-order valence-electron chi connectivity index (χ4n) is 3.76. The lowest BCUT2D eigenvalue weighted by Gasteiger charge is -2.33. The van der Waals surface area contributed by atoms with Gasteiger partial charge < -0.3 is 19.9 Å². The number of hydrogen-bond donors (Lipinski definition) is 2. The minimum atomic E-state index is -3.77. The molecule has 1 aliphatic rings. The number of nitrogens with zero attached hydrogens (tertiary/aromatic N) is 2. The zero-order valence-electron chi connectivity index (χ0n) is 19.4. The number of carbonyl (C=O) groups is 1. The third kappa shape index (κ3) is 7.45. The summed E-state index contributed by atoms with van der Waals surface area (Å²) in [6.07, 6.45) is 0.877. The van der Waals surface area contributed by atoms with E-state index in [1.165, 1.54) is 12.1 Å². The van der Waals surface area contributed by atoms with E-state index in [-0.39, 0.29) is 10.8 Å². The summed E-state index contributed by atoms with van der Waals surface area (Å²) >= 11 is 0. The molecule has 33 heavy (non-hydrogen) atoms. The van der Waals surface area contributed by atoms with Gasteiger partial charge in [0.1, 0.15) is 5.75 Å². The molecule has 1 fully saturated rings. The van der Waals surface area contributed by atoms with E-state index in [9.17, 15) is 13.2 Å². The van der Waals surface area contributed by atoms with Gasteiger partial charge in [-0.15, -0.1) is 0 Å². The second kappa shape index (κ2) is 12.0. The summed E-state index contributed by atoms with van der Waals surface area (Å²) in [5, 5.41) is 2.93. The van der Waals surface area contributed by atoms with Crippen LogP contribution in [-0.4, -0.2) is 76.5 Å². The summed E-state index contributed by atoms with van der Waals surface area (Å²) in [6, 6.07) is 12.7. The maximum Gasteiger partial charge on any atom is 0.261 e. The summed E-state index contributed by atoms with van der Waals surface area (Å²) in [6.45, 7) is 11.5. The van der Waals surface area contributed by atoms with Crippen LogP contribution in [0.5, 0.6) is 5.75 Å². The van der Waals surface area contributed by atoms with Gasteiger partial charge in [0, 0.05) is 44.0 Å². The smallest absolute Gasteiger partial charge is 0.261 e. The van der Waals surface area contributed by atoms with E-state index in [1.54, 1.807) is 36.4 Å². The van der Waals surface area contributed by atoms with Crippen LogP contribution >= 0.6 is 0 Å². The number of piperazine rings is 1. The lowest BCUT2D eigenvalue weighted by molar-refractivity contribution is 0.0948. The Labute approximate surface area is 197 Å². The Morgan fingerprint density at radius 2 is 1.70 bits per heavy atom. The number of nitrogens with one attached hydrogen (secondary N) is 2. The topological polar surface area (TPSA) is 91.0 Å². The van der Waals surface area contributed by atoms with Gasteiger partial charge in [0.05, 0.1) is 11.5 Å². The first-order chi connectivity index (χ1) is 15.9. The summed E-state index contributed by atoms with van der Waals surface area (Å²) < 4.78 is 33.3. The molecular weight excluding hydrogens is 440 g/mol. The van der Waals surface area contributed by atoms with Crippen molar-refractivity contribution in [2.24, 2.45) is 0 Å². The van der Waals surface area contributed by atoms with Gasteiger partial charge in [0.2, 0.25) is 0 Å². The minimum absolute atomic E-state index is 0.126. The van der Waals surface area contributed by atoms with Crippen molar-refractivity contribution in [1.82, 2.24) is 15.1 Å². The number of anilines is 1. The number of rotatable bonds is 11. The van der Waals surface area contributed by atoms with Crippen molar-refractivity contribution in [2.75, 3.05) is 57.1 Å². The van der Waals surface area contributed by atoms with Crippen LogP contribution in [0.2, 0.25) is 0 Å². The quantitative estimate of drug-likeness (QED) is 0.487. The average Bonchev–Trinajstić information content (AvgIpc) is 2.82. The van der Waals surface area contributed by atoms with Crippen molar-refractivity contribution in [3.8, 4) is 5.75 Å². The second-order valence-electron chi connectivity index (χ2n) is 7.98. The summed E-state index contributed by atoms with van der Waals surface area (Å²) in [5.41, 5.74) is 0.754. The molecule has 2 N–H and O–H groups in total. The molecular formula is C24H34N4O4S. The molecule has 1 saturated heterocycles. The Morgan fingerprint density at radius 1 is 1.00 bits per heavy atom. The molecule has 2 aromatic carbocycles. The highest BCUT2D eigenvalue weighted by Gasteiger charge is 2.16. The molecule has 0 bridgehead atoms. The van der Waals surface area contributed by atoms with Gasteiger partial charge in [-0.2, -0.15) is 0 Å². The standard InChI is InChI=1S/C24H34N4O4S/c1-3-27-15-17-28(18-16-27)14-6-13-25-24(29)20-7-5-8-21(19-20)26-33(30,31)23-11-9-22(10-12-23)32-4-2/h5,7-12,19,26H,3-4,6,13-18H2,1-2H3,(H,25,29). The summed E-state index contributed by atoms with van der Waals surface area (Å²) in [4.78, 5) is 17.5.